The molecule has 0 spiro atoms. The summed E-state index contributed by atoms with van der Waals surface area (Å²) in [5.74, 6) is -0.381. The van der Waals surface area contributed by atoms with Crippen LogP contribution in [-0.4, -0.2) is 41.3 Å². The number of fused-ring (bicyclic) bond motifs is 1. The normalized spacial score (nSPS) is 16.5. The van der Waals surface area contributed by atoms with Gasteiger partial charge in [0.25, 0.3) is 0 Å². The molecule has 1 heterocycles. The summed E-state index contributed by atoms with van der Waals surface area (Å²) < 4.78 is 11.2. The van der Waals surface area contributed by atoms with Gasteiger partial charge in [0, 0.05) is 0 Å². The van der Waals surface area contributed by atoms with Gasteiger partial charge in [0.15, 0.2) is 6.10 Å². The number of benzene rings is 1. The van der Waals surface area contributed by atoms with Gasteiger partial charge >= 0.3 is 11.9 Å². The van der Waals surface area contributed by atoms with Crippen molar-refractivity contribution in [1.82, 2.24) is 0 Å². The van der Waals surface area contributed by atoms with Crippen molar-refractivity contribution in [3.63, 3.8) is 0 Å². The van der Waals surface area contributed by atoms with Crippen LogP contribution in [0.15, 0.2) is 18.2 Å². The summed E-state index contributed by atoms with van der Waals surface area (Å²) in [4.78, 5) is 25.0. The lowest BCUT2D eigenvalue weighted by molar-refractivity contribution is -0.145. The van der Waals surface area contributed by atoms with E-state index in [0.717, 1.165) is 17.0 Å². The number of carboxylic acid groups (broad SMARTS) is 1. The van der Waals surface area contributed by atoms with Crippen LogP contribution in [0.4, 0.5) is 5.69 Å². The molecular weight excluding hydrogens is 354 g/mol. The van der Waals surface area contributed by atoms with E-state index in [4.69, 9.17) is 26.8 Å². The molecule has 0 radical (unpaired) electrons. The maximum atomic E-state index is 12.2. The van der Waals surface area contributed by atoms with E-state index in [2.05, 4.69) is 13.8 Å². The Kier molecular flexibility index (Phi) is 6.58. The van der Waals surface area contributed by atoms with Crippen molar-refractivity contribution in [2.45, 2.75) is 46.1 Å². The lowest BCUT2D eigenvalue weighted by Crippen LogP contribution is -2.49. The molecule has 7 heteroatoms. The van der Waals surface area contributed by atoms with Crippen LogP contribution in [0.1, 0.15) is 45.6 Å². The smallest absolute Gasteiger partial charge is 0.326 e. The quantitative estimate of drug-likeness (QED) is 0.575. The molecule has 1 aliphatic rings. The average molecular weight is 379 g/mol. The minimum absolute atomic E-state index is 0.0699. The number of hydrogen-bond acceptors (Lipinski definition) is 5. The van der Waals surface area contributed by atoms with Crippen molar-refractivity contribution < 1.29 is 24.2 Å². The Bertz CT molecular complexity index is 701. The summed E-state index contributed by atoms with van der Waals surface area (Å²) in [5, 5.41) is 8.66. The highest BCUT2D eigenvalue weighted by atomic mass is 32.1. The van der Waals surface area contributed by atoms with Crippen molar-refractivity contribution in [2.75, 3.05) is 18.1 Å². The van der Waals surface area contributed by atoms with Crippen LogP contribution in [0.2, 0.25) is 0 Å². The summed E-state index contributed by atoms with van der Waals surface area (Å²) in [7, 11) is 0. The average Bonchev–Trinajstić information content (AvgIpc) is 2.55. The van der Waals surface area contributed by atoms with E-state index in [1.807, 2.05) is 32.0 Å². The molecule has 0 unspecified atom stereocenters. The van der Waals surface area contributed by atoms with Crippen LogP contribution in [0.5, 0.6) is 5.75 Å². The minimum atomic E-state index is -1.01. The van der Waals surface area contributed by atoms with Crippen LogP contribution in [0.3, 0.4) is 0 Å². The molecule has 1 aliphatic heterocycles. The Hall–Kier alpha value is -2.15. The predicted octanol–water partition coefficient (Wildman–Crippen LogP) is 3.38. The molecule has 2 rings (SSSR count). The fraction of sp³-hybridized carbons (Fsp3) is 0.526. The fourth-order valence-corrected chi connectivity index (χ4v) is 3.28. The number of aliphatic carboxylic acids is 1. The highest BCUT2D eigenvalue weighted by Crippen LogP contribution is 2.41. The van der Waals surface area contributed by atoms with Gasteiger partial charge < -0.3 is 19.5 Å². The summed E-state index contributed by atoms with van der Waals surface area (Å²) in [6.45, 7) is 7.98. The third-order valence-electron chi connectivity index (χ3n) is 4.16. The molecule has 1 N–H and O–H groups in total. The first kappa shape index (κ1) is 20.2. The van der Waals surface area contributed by atoms with Crippen molar-refractivity contribution in [3.05, 3.63) is 23.8 Å². The number of hydrogen-bond donors (Lipinski definition) is 1. The number of anilines is 1. The lowest BCUT2D eigenvalue weighted by atomic mass is 9.97. The van der Waals surface area contributed by atoms with Crippen molar-refractivity contribution in [2.24, 2.45) is 5.92 Å². The van der Waals surface area contributed by atoms with E-state index in [-0.39, 0.29) is 37.5 Å². The summed E-state index contributed by atoms with van der Waals surface area (Å²) in [6.07, 6.45) is -0.536. The Morgan fingerprint density at radius 1 is 1.31 bits per heavy atom. The standard InChI is InChI=1S/C19H25NO5S/c1-11(2)13-6-5-7-14-18(13)25-17(12(3)4)19(26)20(14)10-16(23)24-9-8-15(21)22/h5-7,11-12,17H,8-10H2,1-4H3,(H,21,22)/t17-/m1/s1. The van der Waals surface area contributed by atoms with E-state index in [0.29, 0.717) is 4.99 Å². The Morgan fingerprint density at radius 3 is 2.58 bits per heavy atom. The number of rotatable bonds is 7. The largest absolute Gasteiger partial charge is 0.481 e. The highest BCUT2D eigenvalue weighted by molar-refractivity contribution is 7.80. The number of ether oxygens (including phenoxy) is 2. The molecular formula is C19H25NO5S. The highest BCUT2D eigenvalue weighted by Gasteiger charge is 2.35. The molecule has 0 saturated carbocycles. The topological polar surface area (TPSA) is 76.1 Å². The van der Waals surface area contributed by atoms with Gasteiger partial charge in [-0.1, -0.05) is 52.0 Å². The number of para-hydroxylation sites is 1. The maximum Gasteiger partial charge on any atom is 0.326 e. The van der Waals surface area contributed by atoms with Crippen molar-refractivity contribution in [1.29, 1.82) is 0 Å². The van der Waals surface area contributed by atoms with E-state index >= 15 is 0 Å². The van der Waals surface area contributed by atoms with E-state index in [1.165, 1.54) is 0 Å². The molecule has 0 saturated heterocycles. The van der Waals surface area contributed by atoms with Crippen molar-refractivity contribution >= 4 is 34.8 Å². The molecule has 0 aliphatic carbocycles. The third kappa shape index (κ3) is 4.52. The Morgan fingerprint density at radius 2 is 2.00 bits per heavy atom. The van der Waals surface area contributed by atoms with E-state index in [1.54, 1.807) is 4.90 Å². The first-order valence-electron chi connectivity index (χ1n) is 8.70. The van der Waals surface area contributed by atoms with E-state index in [9.17, 15) is 9.59 Å². The summed E-state index contributed by atoms with van der Waals surface area (Å²) in [5.41, 5.74) is 1.80. The van der Waals surface area contributed by atoms with Gasteiger partial charge in [0.1, 0.15) is 23.9 Å². The number of nitrogens with zero attached hydrogens (tertiary/aromatic N) is 1. The molecule has 26 heavy (non-hydrogen) atoms. The molecule has 0 aromatic heterocycles. The molecule has 1 aromatic rings. The second kappa shape index (κ2) is 8.49. The van der Waals surface area contributed by atoms with Gasteiger partial charge in [-0.05, 0) is 23.5 Å². The zero-order chi connectivity index (χ0) is 19.4. The van der Waals surface area contributed by atoms with Crippen LogP contribution in [-0.2, 0) is 14.3 Å². The molecule has 0 fully saturated rings. The minimum Gasteiger partial charge on any atom is -0.481 e. The number of carboxylic acids is 1. The van der Waals surface area contributed by atoms with Crippen LogP contribution >= 0.6 is 12.2 Å². The number of carbonyl (C=O) groups excluding carboxylic acids is 1. The van der Waals surface area contributed by atoms with Gasteiger partial charge in [0.2, 0.25) is 0 Å². The Labute approximate surface area is 159 Å². The first-order chi connectivity index (χ1) is 12.2. The third-order valence-corrected chi connectivity index (χ3v) is 4.62. The molecule has 1 aromatic carbocycles. The zero-order valence-corrected chi connectivity index (χ0v) is 16.3. The molecule has 6 nitrogen and oxygen atoms in total. The fourth-order valence-electron chi connectivity index (χ4n) is 2.80. The van der Waals surface area contributed by atoms with Gasteiger partial charge in [-0.3, -0.25) is 9.59 Å². The van der Waals surface area contributed by atoms with Crippen LogP contribution < -0.4 is 9.64 Å². The second-order valence-electron chi connectivity index (χ2n) is 6.92. The first-order valence-corrected chi connectivity index (χ1v) is 9.11. The molecule has 0 bridgehead atoms. The summed E-state index contributed by atoms with van der Waals surface area (Å²) >= 11 is 5.58. The lowest BCUT2D eigenvalue weighted by Gasteiger charge is -2.39. The number of carbonyl (C=O) groups is 2. The maximum absolute atomic E-state index is 12.2. The molecule has 1 atom stereocenters. The zero-order valence-electron chi connectivity index (χ0n) is 15.5. The number of thiocarbonyl (C=S) groups is 1. The van der Waals surface area contributed by atoms with Gasteiger partial charge in [-0.25, -0.2) is 0 Å². The van der Waals surface area contributed by atoms with Gasteiger partial charge in [-0.15, -0.1) is 0 Å². The molecule has 0 amide bonds. The summed E-state index contributed by atoms with van der Waals surface area (Å²) in [6, 6.07) is 5.80. The van der Waals surface area contributed by atoms with E-state index < -0.39 is 11.9 Å². The SMILES string of the molecule is CC(C)c1cccc2c1O[C@H](C(C)C)C(=S)N2CC(=O)OCCC(=O)O. The van der Waals surface area contributed by atoms with Crippen molar-refractivity contribution in [3.8, 4) is 5.75 Å². The monoisotopic (exact) mass is 379 g/mol. The Balaban J connectivity index is 2.29. The van der Waals surface area contributed by atoms with Gasteiger partial charge in [0.05, 0.1) is 12.1 Å². The van der Waals surface area contributed by atoms with Crippen LogP contribution in [0, 0.1) is 5.92 Å². The van der Waals surface area contributed by atoms with Crippen LogP contribution in [0.25, 0.3) is 0 Å². The molecule has 142 valence electrons. The second-order valence-corrected chi connectivity index (χ2v) is 7.34. The predicted molar refractivity (Wildman–Crippen MR) is 103 cm³/mol. The van der Waals surface area contributed by atoms with Gasteiger partial charge in [-0.2, -0.15) is 0 Å². The number of esters is 1.